The molecule has 98 valence electrons. The molecule has 0 aromatic carbocycles. The molecular weight excluding hydrogens is 242 g/mol. The number of aryl methyl sites for hydroxylation is 1. The second kappa shape index (κ2) is 6.16. The van der Waals surface area contributed by atoms with Crippen LogP contribution in [0.1, 0.15) is 41.8 Å². The van der Waals surface area contributed by atoms with Crippen molar-refractivity contribution in [2.45, 2.75) is 39.8 Å². The Morgan fingerprint density at radius 3 is 3.00 bits per heavy atom. The predicted octanol–water partition coefficient (Wildman–Crippen LogP) is 3.36. The summed E-state index contributed by atoms with van der Waals surface area (Å²) in [5.74, 6) is 0. The van der Waals surface area contributed by atoms with Gasteiger partial charge in [-0.25, -0.2) is 4.98 Å². The van der Waals surface area contributed by atoms with Crippen LogP contribution in [0.2, 0.25) is 0 Å². The van der Waals surface area contributed by atoms with Crippen molar-refractivity contribution in [1.29, 1.82) is 0 Å². The highest BCUT2D eigenvalue weighted by Gasteiger charge is 2.06. The lowest BCUT2D eigenvalue weighted by atomic mass is 10.2. The van der Waals surface area contributed by atoms with Gasteiger partial charge in [0.05, 0.1) is 11.6 Å². The third-order valence-electron chi connectivity index (χ3n) is 2.98. The van der Waals surface area contributed by atoms with E-state index in [1.54, 1.807) is 11.3 Å². The largest absolute Gasteiger partial charge is 0.349 e. The molecule has 3 nitrogen and oxygen atoms in total. The van der Waals surface area contributed by atoms with E-state index in [2.05, 4.69) is 47.2 Å². The lowest BCUT2D eigenvalue weighted by Gasteiger charge is -2.11. The second-order valence-electron chi connectivity index (χ2n) is 4.64. The first-order valence-electron chi connectivity index (χ1n) is 6.49. The van der Waals surface area contributed by atoms with E-state index in [1.165, 1.54) is 16.9 Å². The van der Waals surface area contributed by atoms with Crippen molar-refractivity contribution in [3.63, 3.8) is 0 Å². The van der Waals surface area contributed by atoms with E-state index in [-0.39, 0.29) is 0 Å². The van der Waals surface area contributed by atoms with Crippen LogP contribution in [-0.4, -0.2) is 16.1 Å². The van der Waals surface area contributed by atoms with Gasteiger partial charge >= 0.3 is 0 Å². The van der Waals surface area contributed by atoms with Gasteiger partial charge in [0, 0.05) is 29.5 Å². The monoisotopic (exact) mass is 263 g/mol. The summed E-state index contributed by atoms with van der Waals surface area (Å²) in [6, 6.07) is 2.62. The summed E-state index contributed by atoms with van der Waals surface area (Å²) >= 11 is 1.77. The number of hydrogen-bond donors (Lipinski definition) is 1. The number of thiazole rings is 1. The molecule has 1 unspecified atom stereocenters. The third kappa shape index (κ3) is 3.43. The lowest BCUT2D eigenvalue weighted by Crippen LogP contribution is -2.18. The molecule has 0 aliphatic carbocycles. The van der Waals surface area contributed by atoms with Crippen LogP contribution < -0.4 is 5.32 Å². The molecule has 0 spiro atoms. The number of nitrogens with one attached hydrogen (secondary N) is 1. The summed E-state index contributed by atoms with van der Waals surface area (Å²) in [6.45, 7) is 8.45. The molecule has 0 aliphatic rings. The maximum absolute atomic E-state index is 4.29. The minimum absolute atomic E-state index is 0.425. The zero-order valence-electron chi connectivity index (χ0n) is 11.3. The molecule has 0 bridgehead atoms. The van der Waals surface area contributed by atoms with Crippen LogP contribution in [0, 0.1) is 6.92 Å². The molecule has 0 radical (unpaired) electrons. The van der Waals surface area contributed by atoms with Gasteiger partial charge in [-0.1, -0.05) is 6.92 Å². The first kappa shape index (κ1) is 13.3. The Balaban J connectivity index is 1.97. The maximum Gasteiger partial charge on any atom is 0.0897 e. The first-order valence-corrected chi connectivity index (χ1v) is 7.31. The van der Waals surface area contributed by atoms with Crippen molar-refractivity contribution < 1.29 is 0 Å². The zero-order valence-corrected chi connectivity index (χ0v) is 12.1. The van der Waals surface area contributed by atoms with E-state index in [9.17, 15) is 0 Å². The molecule has 0 fully saturated rings. The summed E-state index contributed by atoms with van der Waals surface area (Å²) in [5, 5.41) is 4.64. The van der Waals surface area contributed by atoms with Gasteiger partial charge in [0.1, 0.15) is 0 Å². The molecule has 1 N–H and O–H groups in total. The Bertz CT molecular complexity index is 487. The Morgan fingerprint density at radius 1 is 1.50 bits per heavy atom. The number of aromatic nitrogens is 2. The van der Waals surface area contributed by atoms with Crippen molar-refractivity contribution in [3.05, 3.63) is 40.1 Å². The highest BCUT2D eigenvalue weighted by Crippen LogP contribution is 2.16. The van der Waals surface area contributed by atoms with Gasteiger partial charge in [-0.15, -0.1) is 11.3 Å². The topological polar surface area (TPSA) is 29.9 Å². The van der Waals surface area contributed by atoms with E-state index >= 15 is 0 Å². The Morgan fingerprint density at radius 2 is 2.33 bits per heavy atom. The molecule has 18 heavy (non-hydrogen) atoms. The maximum atomic E-state index is 4.29. The van der Waals surface area contributed by atoms with E-state index in [0.717, 1.165) is 18.1 Å². The van der Waals surface area contributed by atoms with Crippen LogP contribution in [0.3, 0.4) is 0 Å². The molecule has 2 aromatic heterocycles. The molecule has 2 heterocycles. The molecule has 0 aliphatic heterocycles. The fourth-order valence-electron chi connectivity index (χ4n) is 1.95. The van der Waals surface area contributed by atoms with Crippen LogP contribution in [0.5, 0.6) is 0 Å². The normalized spacial score (nSPS) is 12.8. The average molecular weight is 263 g/mol. The summed E-state index contributed by atoms with van der Waals surface area (Å²) in [5.41, 5.74) is 1.35. The average Bonchev–Trinajstić information content (AvgIpc) is 2.96. The number of nitrogens with zero attached hydrogens (tertiary/aromatic N) is 2. The van der Waals surface area contributed by atoms with Gasteiger partial charge in [-0.3, -0.25) is 0 Å². The summed E-state index contributed by atoms with van der Waals surface area (Å²) in [4.78, 5) is 5.60. The molecule has 2 aromatic rings. The van der Waals surface area contributed by atoms with Crippen LogP contribution in [0.4, 0.5) is 0 Å². The molecule has 1 atom stereocenters. The molecule has 0 amide bonds. The minimum atomic E-state index is 0.425. The van der Waals surface area contributed by atoms with Gasteiger partial charge in [0.25, 0.3) is 0 Å². The van der Waals surface area contributed by atoms with Gasteiger partial charge in [0.15, 0.2) is 0 Å². The zero-order chi connectivity index (χ0) is 13.0. The highest BCUT2D eigenvalue weighted by molar-refractivity contribution is 7.11. The van der Waals surface area contributed by atoms with Crippen molar-refractivity contribution in [2.24, 2.45) is 0 Å². The minimum Gasteiger partial charge on any atom is -0.349 e. The molecule has 2 rings (SSSR count). The third-order valence-corrected chi connectivity index (χ3v) is 3.88. The van der Waals surface area contributed by atoms with Crippen LogP contribution in [0.15, 0.2) is 24.7 Å². The standard InChI is InChI=1S/C14H21N3S/c1-4-6-15-11(2)13-5-7-17(9-13)10-14-8-16-12(3)18-14/h5,7-9,11,15H,4,6,10H2,1-3H3. The number of hydrogen-bond acceptors (Lipinski definition) is 3. The van der Waals surface area contributed by atoms with E-state index in [1.807, 2.05) is 13.1 Å². The van der Waals surface area contributed by atoms with Gasteiger partial charge < -0.3 is 9.88 Å². The van der Waals surface area contributed by atoms with Crippen molar-refractivity contribution in [3.8, 4) is 0 Å². The van der Waals surface area contributed by atoms with E-state index in [4.69, 9.17) is 0 Å². The highest BCUT2D eigenvalue weighted by atomic mass is 32.1. The van der Waals surface area contributed by atoms with Gasteiger partial charge in [-0.05, 0) is 38.4 Å². The van der Waals surface area contributed by atoms with E-state index in [0.29, 0.717) is 6.04 Å². The fourth-order valence-corrected chi connectivity index (χ4v) is 2.75. The van der Waals surface area contributed by atoms with Crippen molar-refractivity contribution in [1.82, 2.24) is 14.9 Å². The van der Waals surface area contributed by atoms with Crippen LogP contribution in [0.25, 0.3) is 0 Å². The summed E-state index contributed by atoms with van der Waals surface area (Å²) < 4.78 is 2.23. The van der Waals surface area contributed by atoms with Gasteiger partial charge in [-0.2, -0.15) is 0 Å². The number of rotatable bonds is 6. The van der Waals surface area contributed by atoms with Gasteiger partial charge in [0.2, 0.25) is 0 Å². The SMILES string of the molecule is CCCNC(C)c1ccn(Cc2cnc(C)s2)c1. The molecule has 0 saturated heterocycles. The fraction of sp³-hybridized carbons (Fsp3) is 0.500. The van der Waals surface area contributed by atoms with Crippen molar-refractivity contribution in [2.75, 3.05) is 6.54 Å². The summed E-state index contributed by atoms with van der Waals surface area (Å²) in [6.07, 6.45) is 7.51. The Labute approximate surface area is 113 Å². The smallest absolute Gasteiger partial charge is 0.0897 e. The second-order valence-corrected chi connectivity index (χ2v) is 5.96. The molecule has 0 saturated carbocycles. The predicted molar refractivity (Wildman–Crippen MR) is 77.1 cm³/mol. The quantitative estimate of drug-likeness (QED) is 0.866. The lowest BCUT2D eigenvalue weighted by molar-refractivity contribution is 0.569. The first-order chi connectivity index (χ1) is 8.69. The molecule has 4 heteroatoms. The Hall–Kier alpha value is -1.13. The van der Waals surface area contributed by atoms with E-state index < -0.39 is 0 Å². The van der Waals surface area contributed by atoms with Crippen LogP contribution >= 0.6 is 11.3 Å². The molecular formula is C14H21N3S. The summed E-state index contributed by atoms with van der Waals surface area (Å²) in [7, 11) is 0. The Kier molecular flexibility index (Phi) is 4.55. The van der Waals surface area contributed by atoms with Crippen molar-refractivity contribution >= 4 is 11.3 Å². The van der Waals surface area contributed by atoms with Crippen LogP contribution in [-0.2, 0) is 6.54 Å².